The summed E-state index contributed by atoms with van der Waals surface area (Å²) in [7, 11) is 0. The second-order valence-electron chi connectivity index (χ2n) is 5.81. The molecular formula is C19H11Cl6N3O2. The van der Waals surface area contributed by atoms with Crippen LogP contribution in [0.15, 0.2) is 48.5 Å². The van der Waals surface area contributed by atoms with E-state index >= 15 is 0 Å². The molecule has 0 saturated carbocycles. The minimum atomic E-state index is -1.95. The lowest BCUT2D eigenvalue weighted by Crippen LogP contribution is -2.16. The molecule has 0 saturated heterocycles. The number of alkyl halides is 6. The predicted molar refractivity (Wildman–Crippen MR) is 122 cm³/mol. The smallest absolute Gasteiger partial charge is 0.250 e. The van der Waals surface area contributed by atoms with E-state index in [0.29, 0.717) is 17.1 Å². The molecule has 30 heavy (non-hydrogen) atoms. The van der Waals surface area contributed by atoms with Crippen molar-refractivity contribution in [2.24, 2.45) is 0 Å². The van der Waals surface area contributed by atoms with Gasteiger partial charge in [0, 0.05) is 11.6 Å². The van der Waals surface area contributed by atoms with Gasteiger partial charge < -0.3 is 9.84 Å². The monoisotopic (exact) mass is 523 g/mol. The molecule has 0 radical (unpaired) electrons. The van der Waals surface area contributed by atoms with Gasteiger partial charge in [-0.2, -0.15) is 0 Å². The predicted octanol–water partition coefficient (Wildman–Crippen LogP) is 7.19. The van der Waals surface area contributed by atoms with Crippen LogP contribution in [0.4, 0.5) is 0 Å². The number of phenols is 1. The summed E-state index contributed by atoms with van der Waals surface area (Å²) >= 11 is 35.1. The van der Waals surface area contributed by atoms with Crippen LogP contribution in [0.1, 0.15) is 23.0 Å². The topological polar surface area (TPSA) is 68.1 Å². The number of phenolic OH excluding ortho intramolecular Hbond substituents is 1. The average molecular weight is 526 g/mol. The van der Waals surface area contributed by atoms with E-state index < -0.39 is 7.59 Å². The number of aromatic hydroxyl groups is 1. The fraction of sp³-hybridized carbons (Fsp3) is 0.105. The number of rotatable bonds is 4. The highest BCUT2D eigenvalue weighted by Crippen LogP contribution is 2.40. The first-order chi connectivity index (χ1) is 14.0. The molecule has 156 valence electrons. The van der Waals surface area contributed by atoms with Gasteiger partial charge in [-0.3, -0.25) is 0 Å². The summed E-state index contributed by atoms with van der Waals surface area (Å²) in [5, 5.41) is 10.3. The van der Waals surface area contributed by atoms with Crippen LogP contribution in [0.25, 0.3) is 12.2 Å². The van der Waals surface area contributed by atoms with Crippen LogP contribution in [0.3, 0.4) is 0 Å². The Bertz CT molecular complexity index is 1030. The van der Waals surface area contributed by atoms with Crippen molar-refractivity contribution in [3.05, 3.63) is 71.6 Å². The van der Waals surface area contributed by atoms with Crippen molar-refractivity contribution in [1.82, 2.24) is 15.0 Å². The lowest BCUT2D eigenvalue weighted by atomic mass is 10.1. The Labute approximate surface area is 202 Å². The summed E-state index contributed by atoms with van der Waals surface area (Å²) in [4.78, 5) is 12.0. The molecule has 1 N–H and O–H groups in total. The third-order valence-electron chi connectivity index (χ3n) is 3.55. The summed E-state index contributed by atoms with van der Waals surface area (Å²) in [6.45, 7) is 0. The molecule has 0 unspecified atom stereocenters. The number of hydrogen-bond acceptors (Lipinski definition) is 5. The van der Waals surface area contributed by atoms with Crippen molar-refractivity contribution in [2.75, 3.05) is 0 Å². The van der Waals surface area contributed by atoms with Crippen LogP contribution in [0, 0.1) is 0 Å². The normalized spacial score (nSPS) is 12.3. The molecule has 0 atom stereocenters. The highest BCUT2D eigenvalue weighted by atomic mass is 35.6. The number of ether oxygens (including phenoxy) is 1. The molecule has 0 spiro atoms. The summed E-state index contributed by atoms with van der Waals surface area (Å²) in [6.07, 6.45) is 3.00. The van der Waals surface area contributed by atoms with Crippen molar-refractivity contribution in [3.63, 3.8) is 0 Å². The summed E-state index contributed by atoms with van der Waals surface area (Å²) in [6, 6.07) is 14.0. The maximum Gasteiger partial charge on any atom is 0.250 e. The van der Waals surface area contributed by atoms with E-state index in [9.17, 15) is 5.11 Å². The standard InChI is InChI=1S/C19H11Cl6N3O2/c20-18(21,22)16-26-15(27-17(28-16)19(23,24)25)9-7-11-6-8-13(10-14(11)29)30-12-4-2-1-3-5-12/h1-10,29H. The zero-order valence-corrected chi connectivity index (χ0v) is 19.3. The zero-order chi connectivity index (χ0) is 21.9. The molecule has 0 amide bonds. The van der Waals surface area contributed by atoms with Gasteiger partial charge in [-0.05, 0) is 36.4 Å². The largest absolute Gasteiger partial charge is 0.507 e. The molecule has 0 aliphatic heterocycles. The fourth-order valence-electron chi connectivity index (χ4n) is 2.24. The third kappa shape index (κ3) is 6.27. The first-order valence-electron chi connectivity index (χ1n) is 8.17. The molecule has 11 heteroatoms. The van der Waals surface area contributed by atoms with Crippen LogP contribution >= 0.6 is 69.6 Å². The third-order valence-corrected chi connectivity index (χ3v) is 4.57. The van der Waals surface area contributed by atoms with Crippen LogP contribution in [0.5, 0.6) is 17.2 Å². The summed E-state index contributed by atoms with van der Waals surface area (Å²) in [5.74, 6) is 0.726. The lowest BCUT2D eigenvalue weighted by molar-refractivity contribution is 0.454. The Hall–Kier alpha value is -1.47. The van der Waals surface area contributed by atoms with Crippen LogP contribution < -0.4 is 4.74 Å². The van der Waals surface area contributed by atoms with Crippen molar-refractivity contribution >= 4 is 81.8 Å². The first-order valence-corrected chi connectivity index (χ1v) is 10.4. The van der Waals surface area contributed by atoms with Gasteiger partial charge in [0.2, 0.25) is 7.59 Å². The van der Waals surface area contributed by atoms with Crippen molar-refractivity contribution < 1.29 is 9.84 Å². The van der Waals surface area contributed by atoms with Gasteiger partial charge in [-0.15, -0.1) is 0 Å². The van der Waals surface area contributed by atoms with Crippen molar-refractivity contribution in [1.29, 1.82) is 0 Å². The molecule has 3 rings (SSSR count). The van der Waals surface area contributed by atoms with E-state index in [0.717, 1.165) is 0 Å². The molecule has 0 bridgehead atoms. The van der Waals surface area contributed by atoms with E-state index in [1.54, 1.807) is 30.3 Å². The van der Waals surface area contributed by atoms with Gasteiger partial charge in [0.05, 0.1) is 0 Å². The Kier molecular flexibility index (Phi) is 7.23. The van der Waals surface area contributed by atoms with Gasteiger partial charge in [0.25, 0.3) is 0 Å². The second kappa shape index (κ2) is 9.35. The zero-order valence-electron chi connectivity index (χ0n) is 14.7. The highest BCUT2D eigenvalue weighted by molar-refractivity contribution is 6.67. The molecule has 0 aliphatic carbocycles. The quantitative estimate of drug-likeness (QED) is 0.365. The van der Waals surface area contributed by atoms with Crippen LogP contribution in [-0.4, -0.2) is 20.1 Å². The van der Waals surface area contributed by atoms with Gasteiger partial charge in [0.15, 0.2) is 17.5 Å². The molecule has 2 aromatic carbocycles. The molecule has 1 aromatic heterocycles. The fourth-order valence-corrected chi connectivity index (χ4v) is 2.74. The summed E-state index contributed by atoms with van der Waals surface area (Å²) in [5.41, 5.74) is 0.460. The Morgan fingerprint density at radius 2 is 1.33 bits per heavy atom. The molecule has 0 fully saturated rings. The maximum atomic E-state index is 10.3. The molecule has 1 heterocycles. The molecule has 0 aliphatic rings. The van der Waals surface area contributed by atoms with Gasteiger partial charge in [0.1, 0.15) is 17.2 Å². The van der Waals surface area contributed by atoms with Crippen LogP contribution in [0.2, 0.25) is 0 Å². The first kappa shape index (κ1) is 23.2. The SMILES string of the molecule is Oc1cc(Oc2ccccc2)ccc1C=Cc1nc(C(Cl)(Cl)Cl)nc(C(Cl)(Cl)Cl)n1. The second-order valence-corrected chi connectivity index (χ2v) is 10.4. The number of benzene rings is 2. The minimum Gasteiger partial charge on any atom is -0.507 e. The number of aromatic nitrogens is 3. The number of nitrogens with zero attached hydrogens (tertiary/aromatic N) is 3. The van der Waals surface area contributed by atoms with E-state index in [1.807, 2.05) is 18.2 Å². The van der Waals surface area contributed by atoms with Gasteiger partial charge in [-0.1, -0.05) is 87.8 Å². The Balaban J connectivity index is 1.88. The van der Waals surface area contributed by atoms with Gasteiger partial charge in [-0.25, -0.2) is 15.0 Å². The number of halogens is 6. The lowest BCUT2D eigenvalue weighted by Gasteiger charge is -2.14. The highest BCUT2D eigenvalue weighted by Gasteiger charge is 2.33. The average Bonchev–Trinajstić information content (AvgIpc) is 2.66. The van der Waals surface area contributed by atoms with Crippen molar-refractivity contribution in [3.8, 4) is 17.2 Å². The Morgan fingerprint density at radius 1 is 0.733 bits per heavy atom. The van der Waals surface area contributed by atoms with E-state index in [-0.39, 0.29) is 23.2 Å². The van der Waals surface area contributed by atoms with Crippen molar-refractivity contribution in [2.45, 2.75) is 7.59 Å². The Morgan fingerprint density at radius 3 is 1.87 bits per heavy atom. The van der Waals surface area contributed by atoms with E-state index in [4.69, 9.17) is 74.3 Å². The van der Waals surface area contributed by atoms with E-state index in [2.05, 4.69) is 15.0 Å². The number of hydrogen-bond donors (Lipinski definition) is 1. The maximum absolute atomic E-state index is 10.3. The number of para-hydroxylation sites is 1. The minimum absolute atomic E-state index is 0.0306. The van der Waals surface area contributed by atoms with Gasteiger partial charge >= 0.3 is 0 Å². The van der Waals surface area contributed by atoms with Crippen LogP contribution in [-0.2, 0) is 7.59 Å². The molecular weight excluding hydrogens is 515 g/mol. The summed E-state index contributed by atoms with van der Waals surface area (Å²) < 4.78 is 1.78. The molecule has 3 aromatic rings. The molecule has 5 nitrogen and oxygen atoms in total. The van der Waals surface area contributed by atoms with E-state index in [1.165, 1.54) is 12.1 Å².